The van der Waals surface area contributed by atoms with Crippen LogP contribution in [0.1, 0.15) is 28.5 Å². The van der Waals surface area contributed by atoms with E-state index in [0.29, 0.717) is 0 Å². The zero-order valence-electron chi connectivity index (χ0n) is 15.2. The highest BCUT2D eigenvalue weighted by Gasteiger charge is 2.56. The average Bonchev–Trinajstić information content (AvgIpc) is 3.05. The molecule has 0 radical (unpaired) electrons. The van der Waals surface area contributed by atoms with Crippen LogP contribution in [-0.2, 0) is 24.7 Å². The lowest BCUT2D eigenvalue weighted by Crippen LogP contribution is -2.48. The van der Waals surface area contributed by atoms with Crippen molar-refractivity contribution in [2.75, 3.05) is 0 Å². The molecule has 3 rings (SSSR count). The van der Waals surface area contributed by atoms with Gasteiger partial charge in [0.25, 0.3) is 0 Å². The first-order valence-corrected chi connectivity index (χ1v) is 9.12. The zero-order valence-corrected chi connectivity index (χ0v) is 16.7. The molecule has 0 bridgehead atoms. The summed E-state index contributed by atoms with van der Waals surface area (Å²) in [7, 11) is 0. The van der Waals surface area contributed by atoms with Crippen LogP contribution < -0.4 is 0 Å². The SMILES string of the molecule is CC(=O)OC(C(=O)O)(C(=O)O)c1c(C(=O)c2ccccc2)[nH]c2cc(Cl)cc(Cl)c12. The highest BCUT2D eigenvalue weighted by atomic mass is 35.5. The number of ether oxygens (including phenoxy) is 1. The van der Waals surface area contributed by atoms with Crippen LogP contribution in [0, 0.1) is 0 Å². The largest absolute Gasteiger partial charge is 0.478 e. The monoisotopic (exact) mass is 449 g/mol. The summed E-state index contributed by atoms with van der Waals surface area (Å²) >= 11 is 12.2. The Bertz CT molecular complexity index is 1190. The second-order valence-corrected chi connectivity index (χ2v) is 7.11. The number of benzene rings is 2. The van der Waals surface area contributed by atoms with Crippen molar-refractivity contribution in [3.05, 3.63) is 69.3 Å². The number of aromatic amines is 1. The maximum Gasteiger partial charge on any atom is 0.365 e. The van der Waals surface area contributed by atoms with E-state index in [2.05, 4.69) is 4.98 Å². The first kappa shape index (κ1) is 21.4. The number of carbonyl (C=O) groups excluding carboxylic acids is 2. The first-order valence-electron chi connectivity index (χ1n) is 8.37. The molecule has 0 saturated carbocycles. The summed E-state index contributed by atoms with van der Waals surface area (Å²) in [5.74, 6) is -5.94. The van der Waals surface area contributed by atoms with Crippen LogP contribution in [0.3, 0.4) is 0 Å². The number of fused-ring (bicyclic) bond motifs is 1. The van der Waals surface area contributed by atoms with Crippen molar-refractivity contribution in [2.24, 2.45) is 0 Å². The molecule has 0 aliphatic carbocycles. The lowest BCUT2D eigenvalue weighted by molar-refractivity contribution is -0.191. The lowest BCUT2D eigenvalue weighted by Gasteiger charge is -2.25. The number of esters is 1. The van der Waals surface area contributed by atoms with Crippen molar-refractivity contribution in [1.29, 1.82) is 0 Å². The molecular weight excluding hydrogens is 437 g/mol. The minimum Gasteiger partial charge on any atom is -0.478 e. The fraction of sp³-hybridized carbons (Fsp3) is 0.100. The molecule has 30 heavy (non-hydrogen) atoms. The van der Waals surface area contributed by atoms with Gasteiger partial charge >= 0.3 is 23.5 Å². The number of hydrogen-bond donors (Lipinski definition) is 3. The van der Waals surface area contributed by atoms with Gasteiger partial charge in [-0.15, -0.1) is 0 Å². The molecule has 3 aromatic rings. The molecule has 154 valence electrons. The molecule has 0 atom stereocenters. The summed E-state index contributed by atoms with van der Waals surface area (Å²) < 4.78 is 4.82. The van der Waals surface area contributed by atoms with E-state index in [1.165, 1.54) is 24.3 Å². The Hall–Kier alpha value is -3.36. The quantitative estimate of drug-likeness (QED) is 0.297. The molecule has 1 aromatic heterocycles. The number of halogens is 2. The normalized spacial score (nSPS) is 11.3. The van der Waals surface area contributed by atoms with Gasteiger partial charge in [0.05, 0.1) is 16.3 Å². The molecular formula is C20H13Cl2NO7. The Morgan fingerprint density at radius 2 is 1.60 bits per heavy atom. The van der Waals surface area contributed by atoms with Gasteiger partial charge in [0, 0.05) is 28.4 Å². The Labute approximate surface area is 179 Å². The van der Waals surface area contributed by atoms with Gasteiger partial charge in [-0.3, -0.25) is 9.59 Å². The number of hydrogen-bond acceptors (Lipinski definition) is 5. The van der Waals surface area contributed by atoms with Crippen LogP contribution in [0.5, 0.6) is 0 Å². The van der Waals surface area contributed by atoms with Gasteiger partial charge in [-0.2, -0.15) is 0 Å². The summed E-state index contributed by atoms with van der Waals surface area (Å²) in [6, 6.07) is 10.3. The number of carbonyl (C=O) groups is 4. The summed E-state index contributed by atoms with van der Waals surface area (Å²) in [5.41, 5.74) is -4.02. The third kappa shape index (κ3) is 3.40. The number of aliphatic carboxylic acids is 2. The summed E-state index contributed by atoms with van der Waals surface area (Å²) in [6.45, 7) is 0.854. The van der Waals surface area contributed by atoms with Crippen molar-refractivity contribution in [2.45, 2.75) is 12.5 Å². The maximum absolute atomic E-state index is 13.2. The van der Waals surface area contributed by atoms with Crippen molar-refractivity contribution >= 4 is 57.8 Å². The van der Waals surface area contributed by atoms with Crippen LogP contribution in [0.25, 0.3) is 10.9 Å². The van der Waals surface area contributed by atoms with E-state index in [4.69, 9.17) is 27.9 Å². The Morgan fingerprint density at radius 1 is 1.00 bits per heavy atom. The highest BCUT2D eigenvalue weighted by molar-refractivity contribution is 6.39. The molecule has 8 nitrogen and oxygen atoms in total. The van der Waals surface area contributed by atoms with Gasteiger partial charge in [-0.25, -0.2) is 9.59 Å². The molecule has 0 amide bonds. The fourth-order valence-corrected chi connectivity index (χ4v) is 3.75. The summed E-state index contributed by atoms with van der Waals surface area (Å²) in [6.07, 6.45) is 0. The highest BCUT2D eigenvalue weighted by Crippen LogP contribution is 2.41. The van der Waals surface area contributed by atoms with Crippen molar-refractivity contribution in [1.82, 2.24) is 4.98 Å². The smallest absolute Gasteiger partial charge is 0.365 e. The second kappa shape index (κ2) is 7.81. The number of aromatic nitrogens is 1. The van der Waals surface area contributed by atoms with Gasteiger partial charge in [-0.1, -0.05) is 53.5 Å². The van der Waals surface area contributed by atoms with E-state index in [0.717, 1.165) is 6.92 Å². The van der Waals surface area contributed by atoms with Crippen molar-refractivity contribution in [3.63, 3.8) is 0 Å². The van der Waals surface area contributed by atoms with Gasteiger partial charge in [-0.05, 0) is 12.1 Å². The van der Waals surface area contributed by atoms with Crippen LogP contribution in [0.2, 0.25) is 10.0 Å². The number of H-pyrrole nitrogens is 1. The average molecular weight is 450 g/mol. The van der Waals surface area contributed by atoms with Gasteiger partial charge in [0.1, 0.15) is 0 Å². The van der Waals surface area contributed by atoms with Crippen molar-refractivity contribution in [3.8, 4) is 0 Å². The molecule has 0 unspecified atom stereocenters. The third-order valence-corrected chi connectivity index (χ3v) is 4.85. The molecule has 2 aromatic carbocycles. The maximum atomic E-state index is 13.2. The topological polar surface area (TPSA) is 134 Å². The zero-order chi connectivity index (χ0) is 22.2. The Balaban J connectivity index is 2.49. The molecule has 1 heterocycles. The fourth-order valence-electron chi connectivity index (χ4n) is 3.16. The van der Waals surface area contributed by atoms with Crippen molar-refractivity contribution < 1.29 is 34.1 Å². The molecule has 0 saturated heterocycles. The predicted molar refractivity (Wildman–Crippen MR) is 107 cm³/mol. The third-order valence-electron chi connectivity index (χ3n) is 4.33. The van der Waals surface area contributed by atoms with Gasteiger partial charge < -0.3 is 19.9 Å². The van der Waals surface area contributed by atoms with Crippen LogP contribution in [0.15, 0.2) is 42.5 Å². The van der Waals surface area contributed by atoms with E-state index in [-0.39, 0.29) is 26.5 Å². The van der Waals surface area contributed by atoms with Crippen LogP contribution in [-0.4, -0.2) is 38.9 Å². The summed E-state index contributed by atoms with van der Waals surface area (Å²) in [5, 5.41) is 19.6. The van der Waals surface area contributed by atoms with Crippen LogP contribution >= 0.6 is 23.2 Å². The number of rotatable bonds is 6. The standard InChI is InChI=1S/C20H13Cl2NO7/c1-9(24)30-20(18(26)27,19(28)29)15-14-12(22)7-11(21)8-13(14)23-16(15)17(25)10-5-3-2-4-6-10/h2-8,23H,1H3,(H,26,27)(H,28,29). The van der Waals surface area contributed by atoms with Gasteiger partial charge in [0.15, 0.2) is 0 Å². The van der Waals surface area contributed by atoms with E-state index in [9.17, 15) is 29.4 Å². The minimum atomic E-state index is -3.23. The lowest BCUT2D eigenvalue weighted by atomic mass is 9.88. The molecule has 3 N–H and O–H groups in total. The van der Waals surface area contributed by atoms with E-state index in [1.54, 1.807) is 18.2 Å². The Morgan fingerprint density at radius 3 is 2.13 bits per heavy atom. The van der Waals surface area contributed by atoms with E-state index in [1.807, 2.05) is 0 Å². The van der Waals surface area contributed by atoms with E-state index < -0.39 is 40.5 Å². The van der Waals surface area contributed by atoms with Crippen LogP contribution in [0.4, 0.5) is 0 Å². The number of nitrogens with one attached hydrogen (secondary N) is 1. The van der Waals surface area contributed by atoms with Gasteiger partial charge in [0.2, 0.25) is 5.78 Å². The first-order chi connectivity index (χ1) is 14.1. The molecule has 10 heteroatoms. The predicted octanol–water partition coefficient (Wildman–Crippen LogP) is 3.63. The molecule has 0 aliphatic heterocycles. The van der Waals surface area contributed by atoms with E-state index >= 15 is 0 Å². The second-order valence-electron chi connectivity index (χ2n) is 6.27. The molecule has 0 spiro atoms. The summed E-state index contributed by atoms with van der Waals surface area (Å²) in [4.78, 5) is 51.9. The molecule has 0 fully saturated rings. The number of carboxylic acid groups (broad SMARTS) is 2. The number of ketones is 1. The minimum absolute atomic E-state index is 0.0980. The Kier molecular flexibility index (Phi) is 5.56. The number of carboxylic acids is 2. The molecule has 0 aliphatic rings.